The van der Waals surface area contributed by atoms with E-state index in [0.717, 1.165) is 57.1 Å². The van der Waals surface area contributed by atoms with Crippen LogP contribution in [0.2, 0.25) is 5.02 Å². The number of unbranched alkanes of at least 4 members (excludes halogenated alkanes) is 1. The maximum absolute atomic E-state index is 14.3. The van der Waals surface area contributed by atoms with Crippen LogP contribution in [-0.2, 0) is 0 Å². The van der Waals surface area contributed by atoms with Crippen molar-refractivity contribution in [1.82, 2.24) is 15.6 Å². The largest absolute Gasteiger partial charge is 0.384 e. The second-order valence-electron chi connectivity index (χ2n) is 5.94. The van der Waals surface area contributed by atoms with E-state index in [2.05, 4.69) is 32.6 Å². The molecule has 0 radical (unpaired) electrons. The van der Waals surface area contributed by atoms with E-state index in [9.17, 15) is 4.39 Å². The van der Waals surface area contributed by atoms with E-state index >= 15 is 0 Å². The molecular formula is C18H27ClFN5S2. The minimum absolute atomic E-state index is 0.308. The standard InChI is InChI=1S/C18H27ClFN5S2/c1-2-5-21-8-9-22-6-3-4-7-23-16-13-15(20)17(12-14(16)19)27-25-18-24-10-11-26-18/h10-13,21-23H,2-9H2,1H3,(H,24,25). The number of halogens is 2. The van der Waals surface area contributed by atoms with Gasteiger partial charge in [-0.25, -0.2) is 9.37 Å². The van der Waals surface area contributed by atoms with Gasteiger partial charge in [0, 0.05) is 31.2 Å². The van der Waals surface area contributed by atoms with E-state index in [4.69, 9.17) is 11.6 Å². The maximum Gasteiger partial charge on any atom is 0.192 e. The molecular weight excluding hydrogens is 405 g/mol. The molecule has 1 heterocycles. The molecule has 1 aromatic heterocycles. The number of hydrogen-bond donors (Lipinski definition) is 4. The van der Waals surface area contributed by atoms with Gasteiger partial charge in [-0.3, -0.25) is 0 Å². The fraction of sp³-hybridized carbons (Fsp3) is 0.500. The SMILES string of the molecule is CCCNCCNCCCCNc1cc(F)c(SNc2nccs2)cc1Cl. The van der Waals surface area contributed by atoms with Gasteiger partial charge in [0.25, 0.3) is 0 Å². The molecule has 0 aliphatic carbocycles. The fourth-order valence-electron chi connectivity index (χ4n) is 2.32. The summed E-state index contributed by atoms with van der Waals surface area (Å²) in [6.45, 7) is 6.97. The lowest BCUT2D eigenvalue weighted by atomic mass is 10.2. The Labute approximate surface area is 174 Å². The van der Waals surface area contributed by atoms with Crippen molar-refractivity contribution in [2.45, 2.75) is 31.1 Å². The van der Waals surface area contributed by atoms with Crippen molar-refractivity contribution in [3.63, 3.8) is 0 Å². The monoisotopic (exact) mass is 431 g/mol. The van der Waals surface area contributed by atoms with E-state index in [1.807, 2.05) is 5.38 Å². The molecule has 27 heavy (non-hydrogen) atoms. The molecule has 1 aromatic carbocycles. The van der Waals surface area contributed by atoms with Crippen LogP contribution in [0.1, 0.15) is 26.2 Å². The minimum atomic E-state index is -0.308. The number of nitrogens with zero attached hydrogens (tertiary/aromatic N) is 1. The number of aromatic nitrogens is 1. The Kier molecular flexibility index (Phi) is 10.8. The first kappa shape index (κ1) is 22.2. The van der Waals surface area contributed by atoms with Gasteiger partial charge in [0.1, 0.15) is 5.82 Å². The normalized spacial score (nSPS) is 10.9. The minimum Gasteiger partial charge on any atom is -0.384 e. The number of thiazole rings is 1. The van der Waals surface area contributed by atoms with Gasteiger partial charge >= 0.3 is 0 Å². The van der Waals surface area contributed by atoms with Crippen LogP contribution in [0.25, 0.3) is 0 Å². The van der Waals surface area contributed by atoms with Crippen molar-refractivity contribution in [3.8, 4) is 0 Å². The fourth-order valence-corrected chi connectivity index (χ4v) is 3.88. The van der Waals surface area contributed by atoms with Crippen LogP contribution < -0.4 is 20.7 Å². The van der Waals surface area contributed by atoms with Crippen molar-refractivity contribution in [2.24, 2.45) is 0 Å². The molecule has 9 heteroatoms. The molecule has 0 saturated carbocycles. The average molecular weight is 432 g/mol. The Morgan fingerprint density at radius 1 is 1.11 bits per heavy atom. The second-order valence-corrected chi connectivity index (χ2v) is 8.09. The van der Waals surface area contributed by atoms with Crippen molar-refractivity contribution >= 4 is 45.7 Å². The van der Waals surface area contributed by atoms with Crippen LogP contribution in [0.15, 0.2) is 28.6 Å². The van der Waals surface area contributed by atoms with Crippen LogP contribution >= 0.6 is 34.9 Å². The Hall–Kier alpha value is -1.06. The molecule has 0 fully saturated rings. The van der Waals surface area contributed by atoms with Crippen molar-refractivity contribution in [1.29, 1.82) is 0 Å². The van der Waals surface area contributed by atoms with Crippen LogP contribution in [0.3, 0.4) is 0 Å². The van der Waals surface area contributed by atoms with Gasteiger partial charge in [-0.15, -0.1) is 11.3 Å². The first-order valence-electron chi connectivity index (χ1n) is 9.17. The van der Waals surface area contributed by atoms with E-state index in [1.54, 1.807) is 12.3 Å². The van der Waals surface area contributed by atoms with E-state index in [-0.39, 0.29) is 5.82 Å². The molecule has 0 saturated heterocycles. The smallest absolute Gasteiger partial charge is 0.192 e. The molecule has 0 unspecified atom stereocenters. The Morgan fingerprint density at radius 3 is 2.63 bits per heavy atom. The molecule has 0 bridgehead atoms. The van der Waals surface area contributed by atoms with E-state index < -0.39 is 0 Å². The maximum atomic E-state index is 14.3. The molecule has 0 spiro atoms. The highest BCUT2D eigenvalue weighted by Crippen LogP contribution is 2.32. The highest BCUT2D eigenvalue weighted by Gasteiger charge is 2.10. The summed E-state index contributed by atoms with van der Waals surface area (Å²) >= 11 is 8.91. The lowest BCUT2D eigenvalue weighted by Gasteiger charge is -2.11. The molecule has 2 rings (SSSR count). The zero-order chi connectivity index (χ0) is 19.3. The number of nitrogens with one attached hydrogen (secondary N) is 4. The topological polar surface area (TPSA) is 61.0 Å². The summed E-state index contributed by atoms with van der Waals surface area (Å²) in [4.78, 5) is 4.55. The van der Waals surface area contributed by atoms with Gasteiger partial charge < -0.3 is 20.7 Å². The summed E-state index contributed by atoms with van der Waals surface area (Å²) in [5.74, 6) is -0.308. The van der Waals surface area contributed by atoms with Gasteiger partial charge in [-0.2, -0.15) is 0 Å². The highest BCUT2D eigenvalue weighted by atomic mass is 35.5. The van der Waals surface area contributed by atoms with Crippen molar-refractivity contribution in [2.75, 3.05) is 42.8 Å². The van der Waals surface area contributed by atoms with Crippen molar-refractivity contribution in [3.05, 3.63) is 34.5 Å². The Morgan fingerprint density at radius 2 is 1.89 bits per heavy atom. The predicted molar refractivity (Wildman–Crippen MR) is 117 cm³/mol. The summed E-state index contributed by atoms with van der Waals surface area (Å²) in [7, 11) is 0. The van der Waals surface area contributed by atoms with Gasteiger partial charge in [-0.1, -0.05) is 18.5 Å². The first-order valence-corrected chi connectivity index (χ1v) is 11.2. The summed E-state index contributed by atoms with van der Waals surface area (Å²) in [5.41, 5.74) is 0.629. The van der Waals surface area contributed by atoms with Crippen molar-refractivity contribution < 1.29 is 4.39 Å². The molecule has 0 atom stereocenters. The van der Waals surface area contributed by atoms with Gasteiger partial charge in [-0.05, 0) is 56.4 Å². The highest BCUT2D eigenvalue weighted by molar-refractivity contribution is 8.00. The number of hydrogen-bond acceptors (Lipinski definition) is 7. The number of anilines is 2. The number of benzene rings is 1. The summed E-state index contributed by atoms with van der Waals surface area (Å²) in [5, 5.41) is 13.1. The van der Waals surface area contributed by atoms with Crippen LogP contribution in [0.4, 0.5) is 15.2 Å². The first-order chi connectivity index (χ1) is 13.2. The summed E-state index contributed by atoms with van der Waals surface area (Å²) in [6.07, 6.45) is 4.92. The third kappa shape index (κ3) is 8.66. The quantitative estimate of drug-likeness (QED) is 0.254. The lowest BCUT2D eigenvalue weighted by molar-refractivity contribution is 0.586. The van der Waals surface area contributed by atoms with Crippen LogP contribution in [0, 0.1) is 5.82 Å². The molecule has 2 aromatic rings. The predicted octanol–water partition coefficient (Wildman–Crippen LogP) is 4.84. The molecule has 5 nitrogen and oxygen atoms in total. The summed E-state index contributed by atoms with van der Waals surface area (Å²) in [6, 6.07) is 3.08. The van der Waals surface area contributed by atoms with Crippen LogP contribution in [-0.4, -0.2) is 37.7 Å². The lowest BCUT2D eigenvalue weighted by Crippen LogP contribution is -2.28. The van der Waals surface area contributed by atoms with Gasteiger partial charge in [0.15, 0.2) is 5.13 Å². The average Bonchev–Trinajstić information content (AvgIpc) is 3.18. The third-order valence-electron chi connectivity index (χ3n) is 3.70. The van der Waals surface area contributed by atoms with Crippen LogP contribution in [0.5, 0.6) is 0 Å². The molecule has 0 aliphatic rings. The van der Waals surface area contributed by atoms with Gasteiger partial charge in [0.2, 0.25) is 0 Å². The molecule has 0 amide bonds. The van der Waals surface area contributed by atoms with Gasteiger partial charge in [0.05, 0.1) is 15.6 Å². The zero-order valence-electron chi connectivity index (χ0n) is 15.5. The van der Waals surface area contributed by atoms with E-state index in [1.165, 1.54) is 29.4 Å². The molecule has 150 valence electrons. The Balaban J connectivity index is 1.64. The second kappa shape index (κ2) is 13.2. The Bertz CT molecular complexity index is 657. The zero-order valence-corrected chi connectivity index (χ0v) is 17.9. The van der Waals surface area contributed by atoms with E-state index in [0.29, 0.717) is 15.6 Å². The molecule has 4 N–H and O–H groups in total. The number of rotatable bonds is 14. The molecule has 0 aliphatic heterocycles. The summed E-state index contributed by atoms with van der Waals surface area (Å²) < 4.78 is 17.3. The third-order valence-corrected chi connectivity index (χ3v) is 5.66.